The van der Waals surface area contributed by atoms with E-state index >= 15 is 0 Å². The van der Waals surface area contributed by atoms with Crippen LogP contribution in [0.4, 0.5) is 22.0 Å². The molecule has 1 aliphatic rings. The third-order valence-corrected chi connectivity index (χ3v) is 6.78. The van der Waals surface area contributed by atoms with Crippen molar-refractivity contribution in [1.82, 2.24) is 10.0 Å². The van der Waals surface area contributed by atoms with E-state index in [1.54, 1.807) is 0 Å². The van der Waals surface area contributed by atoms with E-state index in [-0.39, 0.29) is 17.1 Å². The first kappa shape index (κ1) is 26.0. The molecule has 184 valence electrons. The number of amidine groups is 1. The van der Waals surface area contributed by atoms with E-state index in [0.717, 1.165) is 24.3 Å². The number of alkyl halides is 4. The molecule has 3 N–H and O–H groups in total. The van der Waals surface area contributed by atoms with Crippen LogP contribution < -0.4 is 14.8 Å². The molecule has 1 heterocycles. The molecular weight excluding hydrogens is 533 g/mol. The minimum Gasteiger partial charge on any atom is -0.404 e. The fourth-order valence-electron chi connectivity index (χ4n) is 2.60. The molecule has 0 bridgehead atoms. The number of aliphatic imine (C=N–C) groups is 1. The van der Waals surface area contributed by atoms with Crippen LogP contribution in [0.1, 0.15) is 15.9 Å². The number of hydrogen-bond donors (Lipinski definition) is 3. The summed E-state index contributed by atoms with van der Waals surface area (Å²) in [6.07, 6.45) is -6.69. The van der Waals surface area contributed by atoms with Crippen LogP contribution in [0.2, 0.25) is 5.02 Å². The molecule has 0 saturated carbocycles. The minimum absolute atomic E-state index is 0.197. The molecule has 0 aliphatic carbocycles. The molecule has 3 rings (SSSR count). The topological polar surface area (TPSA) is 117 Å². The Morgan fingerprint density at radius 1 is 1.24 bits per heavy atom. The summed E-state index contributed by atoms with van der Waals surface area (Å²) in [7, 11) is -4.53. The number of sulfonamides is 1. The fraction of sp³-hybridized carbons (Fsp3) is 0.222. The number of carbonyl (C=O) groups excluding carboxylic acids is 1. The summed E-state index contributed by atoms with van der Waals surface area (Å²) in [6.45, 7) is -0.197. The van der Waals surface area contributed by atoms with Crippen LogP contribution in [0.3, 0.4) is 0 Å². The maximum absolute atomic E-state index is 14.4. The number of ether oxygens (including phenoxy) is 1. The van der Waals surface area contributed by atoms with Crippen molar-refractivity contribution in [3.63, 3.8) is 0 Å². The molecule has 1 aliphatic heterocycles. The molecule has 0 aromatic heterocycles. The van der Waals surface area contributed by atoms with E-state index in [1.807, 2.05) is 4.72 Å². The largest absolute Gasteiger partial charge is 0.573 e. The molecule has 34 heavy (non-hydrogen) atoms. The summed E-state index contributed by atoms with van der Waals surface area (Å²) in [6, 6.07) is 5.77. The van der Waals surface area contributed by atoms with E-state index < -0.39 is 55.7 Å². The number of rotatable bonds is 6. The Bertz CT molecular complexity index is 1240. The number of nitrogens with zero attached hydrogens (tertiary/aromatic N) is 1. The number of halogens is 6. The highest BCUT2D eigenvalue weighted by Crippen LogP contribution is 2.31. The van der Waals surface area contributed by atoms with Crippen molar-refractivity contribution in [2.24, 2.45) is 4.99 Å². The molecule has 2 unspecified atom stereocenters. The molecule has 0 radical (unpaired) electrons. The second kappa shape index (κ2) is 9.93. The summed E-state index contributed by atoms with van der Waals surface area (Å²) in [5.41, 5.74) is -1.83. The zero-order valence-corrected chi connectivity index (χ0v) is 18.8. The van der Waals surface area contributed by atoms with Gasteiger partial charge in [-0.1, -0.05) is 17.7 Å². The Balaban J connectivity index is 1.66. The average Bonchev–Trinajstić information content (AvgIpc) is 3.02. The van der Waals surface area contributed by atoms with Gasteiger partial charge in [0, 0.05) is 12.1 Å². The van der Waals surface area contributed by atoms with E-state index in [1.165, 1.54) is 6.07 Å². The van der Waals surface area contributed by atoms with Crippen LogP contribution in [0, 0.1) is 5.82 Å². The van der Waals surface area contributed by atoms with E-state index in [4.69, 9.17) is 11.6 Å². The molecule has 2 atom stereocenters. The van der Waals surface area contributed by atoms with Gasteiger partial charge in [0.05, 0.1) is 5.02 Å². The van der Waals surface area contributed by atoms with Crippen LogP contribution in [0.15, 0.2) is 46.3 Å². The summed E-state index contributed by atoms with van der Waals surface area (Å²) in [5.74, 6) is -2.74. The number of aliphatic hydroxyl groups excluding tert-OH is 1. The lowest BCUT2D eigenvalue weighted by molar-refractivity contribution is -0.274. The number of nitrogens with one attached hydrogen (secondary N) is 2. The standard InChI is InChI=1S/C18H13ClF5N3O5S2/c19-10-5-8(1-3-12(10)32-18(22,23)24)7-25-15(28)9-2-4-13(11(20)6-9)34(30,31)27-17-26-16(29)14(21)33-17/h1-6,14,16,29H,7H2,(H,25,28)(H,26,27). The van der Waals surface area contributed by atoms with Crippen molar-refractivity contribution in [3.8, 4) is 5.75 Å². The predicted molar refractivity (Wildman–Crippen MR) is 112 cm³/mol. The number of aliphatic hydroxyl groups is 1. The van der Waals surface area contributed by atoms with Gasteiger partial charge in [0.1, 0.15) is 16.5 Å². The summed E-state index contributed by atoms with van der Waals surface area (Å²) < 4.78 is 94.8. The summed E-state index contributed by atoms with van der Waals surface area (Å²) in [4.78, 5) is 14.8. The summed E-state index contributed by atoms with van der Waals surface area (Å²) >= 11 is 6.03. The lowest BCUT2D eigenvalue weighted by atomic mass is 10.2. The number of thioether (sulfide) groups is 1. The van der Waals surface area contributed by atoms with Gasteiger partial charge in [-0.15, -0.1) is 13.2 Å². The summed E-state index contributed by atoms with van der Waals surface area (Å²) in [5, 5.41) is 10.8. The number of hydrogen-bond acceptors (Lipinski definition) is 7. The second-order valence-electron chi connectivity index (χ2n) is 6.56. The van der Waals surface area contributed by atoms with Crippen molar-refractivity contribution >= 4 is 44.5 Å². The van der Waals surface area contributed by atoms with Crippen molar-refractivity contribution in [2.45, 2.75) is 29.5 Å². The van der Waals surface area contributed by atoms with E-state index in [0.29, 0.717) is 23.4 Å². The van der Waals surface area contributed by atoms with Crippen LogP contribution >= 0.6 is 23.4 Å². The van der Waals surface area contributed by atoms with Gasteiger partial charge < -0.3 is 15.2 Å². The van der Waals surface area contributed by atoms with Crippen LogP contribution in [-0.4, -0.2) is 42.7 Å². The van der Waals surface area contributed by atoms with Gasteiger partial charge in [0.25, 0.3) is 15.9 Å². The van der Waals surface area contributed by atoms with Crippen molar-refractivity contribution in [1.29, 1.82) is 0 Å². The Morgan fingerprint density at radius 3 is 2.50 bits per heavy atom. The molecule has 1 amide bonds. The van der Waals surface area contributed by atoms with Crippen molar-refractivity contribution in [3.05, 3.63) is 58.4 Å². The van der Waals surface area contributed by atoms with Gasteiger partial charge in [0.15, 0.2) is 16.9 Å². The highest BCUT2D eigenvalue weighted by molar-refractivity contribution is 8.15. The van der Waals surface area contributed by atoms with Gasteiger partial charge in [-0.25, -0.2) is 22.2 Å². The Kier molecular flexibility index (Phi) is 7.59. The average molecular weight is 546 g/mol. The quantitative estimate of drug-likeness (QED) is 0.480. The van der Waals surface area contributed by atoms with Gasteiger partial charge in [-0.2, -0.15) is 0 Å². The van der Waals surface area contributed by atoms with Gasteiger partial charge in [-0.3, -0.25) is 9.52 Å². The second-order valence-corrected chi connectivity index (χ2v) is 9.69. The predicted octanol–water partition coefficient (Wildman–Crippen LogP) is 3.30. The maximum atomic E-state index is 14.4. The Morgan fingerprint density at radius 2 is 1.94 bits per heavy atom. The normalized spacial score (nSPS) is 18.4. The highest BCUT2D eigenvalue weighted by atomic mass is 35.5. The highest BCUT2D eigenvalue weighted by Gasteiger charge is 2.33. The van der Waals surface area contributed by atoms with Crippen molar-refractivity contribution in [2.75, 3.05) is 0 Å². The Hall–Kier alpha value is -2.62. The third-order valence-electron chi connectivity index (χ3n) is 4.09. The molecule has 16 heteroatoms. The molecule has 2 aromatic rings. The first-order chi connectivity index (χ1) is 15.7. The number of amides is 1. The molecule has 2 aromatic carbocycles. The van der Waals surface area contributed by atoms with Crippen LogP contribution in [0.5, 0.6) is 5.75 Å². The van der Waals surface area contributed by atoms with E-state index in [9.17, 15) is 40.3 Å². The SMILES string of the molecule is O=C(NCc1ccc(OC(F)(F)F)c(Cl)c1)c1ccc(S(=O)(=O)NC2=NC(O)C(F)S2)c(F)c1. The first-order valence-electron chi connectivity index (χ1n) is 8.96. The molecule has 0 saturated heterocycles. The van der Waals surface area contributed by atoms with Gasteiger partial charge >= 0.3 is 6.36 Å². The fourth-order valence-corrected chi connectivity index (χ4v) is 4.89. The first-order valence-corrected chi connectivity index (χ1v) is 11.7. The number of carbonyl (C=O) groups is 1. The van der Waals surface area contributed by atoms with Gasteiger partial charge in [0.2, 0.25) is 0 Å². The van der Waals surface area contributed by atoms with Crippen LogP contribution in [0.25, 0.3) is 0 Å². The van der Waals surface area contributed by atoms with Crippen molar-refractivity contribution < 1.29 is 45.0 Å². The third kappa shape index (κ3) is 6.49. The maximum Gasteiger partial charge on any atom is 0.573 e. The molecule has 0 fully saturated rings. The molecule has 8 nitrogen and oxygen atoms in total. The van der Waals surface area contributed by atoms with Gasteiger partial charge in [-0.05, 0) is 47.7 Å². The van der Waals surface area contributed by atoms with E-state index in [2.05, 4.69) is 15.0 Å². The molecular formula is C18H13ClF5N3O5S2. The number of benzene rings is 2. The zero-order chi connectivity index (χ0) is 25.3. The Labute approximate surface area is 198 Å². The monoisotopic (exact) mass is 545 g/mol. The van der Waals surface area contributed by atoms with Crippen LogP contribution in [-0.2, 0) is 16.6 Å². The smallest absolute Gasteiger partial charge is 0.404 e. The minimum atomic E-state index is -4.93. The lowest BCUT2D eigenvalue weighted by Gasteiger charge is -2.12. The zero-order valence-electron chi connectivity index (χ0n) is 16.4. The molecule has 0 spiro atoms. The lowest BCUT2D eigenvalue weighted by Crippen LogP contribution is -2.29.